The van der Waals surface area contributed by atoms with Gasteiger partial charge in [0.15, 0.2) is 0 Å². The zero-order valence-corrected chi connectivity index (χ0v) is 8.95. The van der Waals surface area contributed by atoms with E-state index in [9.17, 15) is 5.11 Å². The monoisotopic (exact) mass is 245 g/mol. The van der Waals surface area contributed by atoms with Gasteiger partial charge in [-0.2, -0.15) is 5.10 Å². The molecular weight excluding hydrogens is 234 g/mol. The van der Waals surface area contributed by atoms with Gasteiger partial charge in [0.2, 0.25) is 0 Å². The van der Waals surface area contributed by atoms with Crippen molar-refractivity contribution in [2.45, 2.75) is 12.0 Å². The number of hydrogen-bond donors (Lipinski definition) is 2. The van der Waals surface area contributed by atoms with E-state index in [1.807, 2.05) is 17.8 Å². The SMILES string of the molecule is Cn1nc(Br)cc1C1CNCC1O. The molecule has 0 saturated carbocycles. The van der Waals surface area contributed by atoms with Crippen LogP contribution in [0.3, 0.4) is 0 Å². The van der Waals surface area contributed by atoms with Crippen LogP contribution >= 0.6 is 15.9 Å². The topological polar surface area (TPSA) is 50.1 Å². The first kappa shape index (κ1) is 9.18. The molecule has 72 valence electrons. The number of aliphatic hydroxyl groups excluding tert-OH is 1. The van der Waals surface area contributed by atoms with Crippen molar-refractivity contribution in [1.82, 2.24) is 15.1 Å². The summed E-state index contributed by atoms with van der Waals surface area (Å²) in [6, 6.07) is 1.96. The maximum absolute atomic E-state index is 9.66. The molecule has 1 aromatic heterocycles. The van der Waals surface area contributed by atoms with Crippen molar-refractivity contribution < 1.29 is 5.11 Å². The van der Waals surface area contributed by atoms with Crippen molar-refractivity contribution >= 4 is 15.9 Å². The third-order valence-corrected chi connectivity index (χ3v) is 2.84. The molecule has 5 heteroatoms. The lowest BCUT2D eigenvalue weighted by atomic mass is 10.0. The van der Waals surface area contributed by atoms with Crippen LogP contribution in [0.2, 0.25) is 0 Å². The van der Waals surface area contributed by atoms with Crippen molar-refractivity contribution in [3.63, 3.8) is 0 Å². The van der Waals surface area contributed by atoms with Gasteiger partial charge in [-0.25, -0.2) is 0 Å². The maximum atomic E-state index is 9.66. The van der Waals surface area contributed by atoms with E-state index in [-0.39, 0.29) is 12.0 Å². The number of hydrogen-bond acceptors (Lipinski definition) is 3. The summed E-state index contributed by atoms with van der Waals surface area (Å²) in [5.74, 6) is 0.170. The van der Waals surface area contributed by atoms with Crippen molar-refractivity contribution in [2.75, 3.05) is 13.1 Å². The van der Waals surface area contributed by atoms with Gasteiger partial charge in [0.1, 0.15) is 4.60 Å². The largest absolute Gasteiger partial charge is 0.391 e. The third kappa shape index (κ3) is 1.63. The molecule has 0 aliphatic carbocycles. The molecule has 4 nitrogen and oxygen atoms in total. The number of β-amino-alcohol motifs (C(OH)–C–C–N with tert-alkyl or cyclic N) is 1. The normalized spacial score (nSPS) is 28.2. The molecule has 2 atom stereocenters. The molecule has 1 aromatic rings. The number of aryl methyl sites for hydroxylation is 1. The Morgan fingerprint density at radius 2 is 2.46 bits per heavy atom. The quantitative estimate of drug-likeness (QED) is 0.745. The van der Waals surface area contributed by atoms with Crippen LogP contribution < -0.4 is 5.32 Å². The smallest absolute Gasteiger partial charge is 0.128 e. The van der Waals surface area contributed by atoms with Crippen LogP contribution in [0.4, 0.5) is 0 Å². The maximum Gasteiger partial charge on any atom is 0.128 e. The molecule has 0 aromatic carbocycles. The highest BCUT2D eigenvalue weighted by atomic mass is 79.9. The Balaban J connectivity index is 2.28. The van der Waals surface area contributed by atoms with Crippen LogP contribution in [0, 0.1) is 0 Å². The van der Waals surface area contributed by atoms with Gasteiger partial charge in [0, 0.05) is 31.7 Å². The average molecular weight is 246 g/mol. The fourth-order valence-corrected chi connectivity index (χ4v) is 2.23. The van der Waals surface area contributed by atoms with Crippen molar-refractivity contribution in [1.29, 1.82) is 0 Å². The van der Waals surface area contributed by atoms with Gasteiger partial charge in [-0.1, -0.05) is 0 Å². The predicted molar refractivity (Wildman–Crippen MR) is 52.5 cm³/mol. The van der Waals surface area contributed by atoms with Gasteiger partial charge >= 0.3 is 0 Å². The highest BCUT2D eigenvalue weighted by molar-refractivity contribution is 9.10. The molecule has 1 saturated heterocycles. The summed E-state index contributed by atoms with van der Waals surface area (Å²) in [7, 11) is 1.89. The predicted octanol–water partition coefficient (Wildman–Crippen LogP) is 0.230. The number of aliphatic hydroxyl groups is 1. The third-order valence-electron chi connectivity index (χ3n) is 2.45. The number of nitrogens with one attached hydrogen (secondary N) is 1. The second-order valence-corrected chi connectivity index (χ2v) is 4.16. The molecule has 1 aliphatic rings. The molecule has 2 unspecified atom stereocenters. The second-order valence-electron chi connectivity index (χ2n) is 3.35. The van der Waals surface area contributed by atoms with Gasteiger partial charge in [-0.3, -0.25) is 4.68 Å². The van der Waals surface area contributed by atoms with Crippen molar-refractivity contribution in [2.24, 2.45) is 7.05 Å². The van der Waals surface area contributed by atoms with Crippen LogP contribution in [0.15, 0.2) is 10.7 Å². The lowest BCUT2D eigenvalue weighted by molar-refractivity contribution is 0.174. The molecule has 0 spiro atoms. The number of aromatic nitrogens is 2. The Hall–Kier alpha value is -0.390. The summed E-state index contributed by atoms with van der Waals surface area (Å²) < 4.78 is 2.63. The highest BCUT2D eigenvalue weighted by Gasteiger charge is 2.28. The molecule has 0 radical (unpaired) electrons. The highest BCUT2D eigenvalue weighted by Crippen LogP contribution is 2.24. The number of halogens is 1. The van der Waals surface area contributed by atoms with Crippen molar-refractivity contribution in [3.05, 3.63) is 16.4 Å². The van der Waals surface area contributed by atoms with E-state index in [1.54, 1.807) is 0 Å². The standard InChI is InChI=1S/C8H12BrN3O/c1-12-6(2-8(9)11-12)5-3-10-4-7(5)13/h2,5,7,10,13H,3-4H2,1H3. The molecule has 2 heterocycles. The molecule has 13 heavy (non-hydrogen) atoms. The number of nitrogens with zero attached hydrogens (tertiary/aromatic N) is 2. The Kier molecular flexibility index (Phi) is 2.40. The van der Waals surface area contributed by atoms with Crippen molar-refractivity contribution in [3.8, 4) is 0 Å². The fourth-order valence-electron chi connectivity index (χ4n) is 1.76. The van der Waals surface area contributed by atoms with Gasteiger partial charge in [0.05, 0.1) is 6.10 Å². The summed E-state index contributed by atoms with van der Waals surface area (Å²) in [6.07, 6.45) is -0.290. The lowest BCUT2D eigenvalue weighted by Gasteiger charge is -2.12. The summed E-state index contributed by atoms with van der Waals surface area (Å²) in [4.78, 5) is 0. The minimum atomic E-state index is -0.290. The number of rotatable bonds is 1. The fraction of sp³-hybridized carbons (Fsp3) is 0.625. The van der Waals surface area contributed by atoms with Gasteiger partial charge in [-0.15, -0.1) is 0 Å². The molecule has 1 aliphatic heterocycles. The van der Waals surface area contributed by atoms with E-state index in [0.717, 1.165) is 16.8 Å². The Bertz CT molecular complexity index is 312. The second kappa shape index (κ2) is 3.40. The van der Waals surface area contributed by atoms with E-state index in [2.05, 4.69) is 26.3 Å². The van der Waals surface area contributed by atoms with Crippen LogP contribution in [-0.4, -0.2) is 34.1 Å². The van der Waals surface area contributed by atoms with Gasteiger partial charge in [-0.05, 0) is 22.0 Å². The van der Waals surface area contributed by atoms with Crippen LogP contribution in [0.1, 0.15) is 11.6 Å². The summed E-state index contributed by atoms with van der Waals surface area (Å²) in [6.45, 7) is 1.50. The molecular formula is C8H12BrN3O. The minimum absolute atomic E-state index is 0.170. The Labute approximate surface area is 85.1 Å². The van der Waals surface area contributed by atoms with E-state index in [4.69, 9.17) is 0 Å². The minimum Gasteiger partial charge on any atom is -0.391 e. The van der Waals surface area contributed by atoms with Crippen LogP contribution in [-0.2, 0) is 7.05 Å². The van der Waals surface area contributed by atoms with Crippen LogP contribution in [0.5, 0.6) is 0 Å². The molecule has 2 rings (SSSR count). The first-order valence-corrected chi connectivity index (χ1v) is 5.06. The summed E-state index contributed by atoms with van der Waals surface area (Å²) in [5, 5.41) is 17.0. The van der Waals surface area contributed by atoms with E-state index < -0.39 is 0 Å². The zero-order chi connectivity index (χ0) is 9.42. The van der Waals surface area contributed by atoms with Crippen LogP contribution in [0.25, 0.3) is 0 Å². The first-order chi connectivity index (χ1) is 6.18. The van der Waals surface area contributed by atoms with E-state index >= 15 is 0 Å². The summed E-state index contributed by atoms with van der Waals surface area (Å²) in [5.41, 5.74) is 1.07. The summed E-state index contributed by atoms with van der Waals surface area (Å²) >= 11 is 3.32. The first-order valence-electron chi connectivity index (χ1n) is 4.26. The van der Waals surface area contributed by atoms with Gasteiger partial charge < -0.3 is 10.4 Å². The average Bonchev–Trinajstić information content (AvgIpc) is 2.58. The molecule has 1 fully saturated rings. The molecule has 0 amide bonds. The lowest BCUT2D eigenvalue weighted by Crippen LogP contribution is -2.18. The van der Waals surface area contributed by atoms with Gasteiger partial charge in [0.25, 0.3) is 0 Å². The molecule has 0 bridgehead atoms. The Morgan fingerprint density at radius 3 is 2.92 bits per heavy atom. The zero-order valence-electron chi connectivity index (χ0n) is 7.37. The molecule has 2 N–H and O–H groups in total. The van der Waals surface area contributed by atoms with E-state index in [0.29, 0.717) is 6.54 Å². The van der Waals surface area contributed by atoms with E-state index in [1.165, 1.54) is 0 Å². The Morgan fingerprint density at radius 1 is 1.69 bits per heavy atom.